The predicted molar refractivity (Wildman–Crippen MR) is 61.9 cm³/mol. The maximum atomic E-state index is 10.5. The third kappa shape index (κ3) is 16.9. The van der Waals surface area contributed by atoms with Crippen molar-refractivity contribution < 1.29 is 69.5 Å². The molecule has 2 N–H and O–H groups in total. The monoisotopic (exact) mass is 354 g/mol. The second-order valence-corrected chi connectivity index (χ2v) is 4.04. The summed E-state index contributed by atoms with van der Waals surface area (Å²) >= 11 is 0. The summed E-state index contributed by atoms with van der Waals surface area (Å²) in [5.74, 6) is -4.46. The van der Waals surface area contributed by atoms with Crippen molar-refractivity contribution >= 4 is 55.6 Å². The van der Waals surface area contributed by atoms with Gasteiger partial charge in [0.05, 0.1) is 17.9 Å². The van der Waals surface area contributed by atoms with Crippen molar-refractivity contribution in [2.75, 3.05) is 39.3 Å². The fraction of sp³-hybridized carbons (Fsp3) is 0.700. The van der Waals surface area contributed by atoms with E-state index in [1.165, 1.54) is 0 Å². The number of nitrogens with zero attached hydrogens (tertiary/aromatic N) is 2. The molecule has 0 aromatic heterocycles. The molecule has 12 heteroatoms. The van der Waals surface area contributed by atoms with Gasteiger partial charge >= 0.3 is 67.3 Å². The summed E-state index contributed by atoms with van der Waals surface area (Å²) in [6.45, 7) is -2.60. The molecule has 0 saturated carbocycles. The molecule has 0 heterocycles. The number of aliphatic hydroxyl groups excluding tert-OH is 1. The molecule has 22 heavy (non-hydrogen) atoms. The van der Waals surface area contributed by atoms with Crippen molar-refractivity contribution in [2.45, 2.75) is 6.29 Å². The Labute approximate surface area is 179 Å². The quantitative estimate of drug-likeness (QED) is 0.268. The summed E-state index contributed by atoms with van der Waals surface area (Å²) in [7, 11) is 0. The third-order valence-electron chi connectivity index (χ3n) is 2.21. The Kier molecular flexibility index (Phi) is 18.7. The molecule has 0 bridgehead atoms. The van der Waals surface area contributed by atoms with E-state index in [1.54, 1.807) is 0 Å². The number of carboxylic acid groups (broad SMARTS) is 3. The topological polar surface area (TPSA) is 167 Å². The Bertz CT molecular complexity index is 342. The SMILES string of the molecule is O=C([O-])CN(CCN(CC(=O)[O-])CC(O)O)CC(=O)[O-].[Ca+2].[Na+]. The first-order chi connectivity index (χ1) is 9.20. The summed E-state index contributed by atoms with van der Waals surface area (Å²) < 4.78 is 0. The minimum absolute atomic E-state index is 0. The molecule has 0 fully saturated rings. The Balaban J connectivity index is -0.00000180. The second kappa shape index (κ2) is 15.1. The minimum Gasteiger partial charge on any atom is -0.549 e. The van der Waals surface area contributed by atoms with Crippen molar-refractivity contribution in [1.82, 2.24) is 9.80 Å². The zero-order chi connectivity index (χ0) is 15.7. The maximum absolute atomic E-state index is 10.5. The molecule has 0 saturated heterocycles. The van der Waals surface area contributed by atoms with E-state index in [0.29, 0.717) is 0 Å². The van der Waals surface area contributed by atoms with E-state index < -0.39 is 50.4 Å². The van der Waals surface area contributed by atoms with Crippen LogP contribution in [0, 0.1) is 0 Å². The summed E-state index contributed by atoms with van der Waals surface area (Å²) in [4.78, 5) is 33.3. The first-order valence-electron chi connectivity index (χ1n) is 5.61. The molecule has 0 aromatic carbocycles. The molecular weight excluding hydrogens is 339 g/mol. The van der Waals surface area contributed by atoms with Crippen molar-refractivity contribution in [3.8, 4) is 0 Å². The van der Waals surface area contributed by atoms with Crippen LogP contribution < -0.4 is 44.9 Å². The Morgan fingerprint density at radius 1 is 0.818 bits per heavy atom. The molecule has 0 atom stereocenters. The van der Waals surface area contributed by atoms with E-state index in [-0.39, 0.29) is 80.4 Å². The number of aliphatic carboxylic acids is 3. The summed E-state index contributed by atoms with van der Waals surface area (Å²) in [5.41, 5.74) is 0. The molecular formula is C10H15CaN2NaO8. The van der Waals surface area contributed by atoms with E-state index in [9.17, 15) is 29.7 Å². The largest absolute Gasteiger partial charge is 2.00 e. The van der Waals surface area contributed by atoms with Crippen LogP contribution in [0.5, 0.6) is 0 Å². The van der Waals surface area contributed by atoms with Crippen LogP contribution in [0.1, 0.15) is 0 Å². The van der Waals surface area contributed by atoms with Gasteiger partial charge in [0.2, 0.25) is 0 Å². The number of aliphatic hydroxyl groups is 2. The van der Waals surface area contributed by atoms with Crippen LogP contribution in [0.25, 0.3) is 0 Å². The molecule has 0 aliphatic heterocycles. The van der Waals surface area contributed by atoms with Gasteiger partial charge in [-0.05, 0) is 0 Å². The molecule has 116 valence electrons. The first kappa shape index (κ1) is 27.4. The molecule has 0 radical (unpaired) electrons. The first-order valence-corrected chi connectivity index (χ1v) is 5.61. The van der Waals surface area contributed by atoms with E-state index in [0.717, 1.165) is 9.80 Å². The molecule has 10 nitrogen and oxygen atoms in total. The third-order valence-corrected chi connectivity index (χ3v) is 2.21. The normalized spacial score (nSPS) is 10.2. The van der Waals surface area contributed by atoms with Gasteiger partial charge in [-0.2, -0.15) is 0 Å². The molecule has 0 spiro atoms. The van der Waals surface area contributed by atoms with Crippen LogP contribution >= 0.6 is 0 Å². The van der Waals surface area contributed by atoms with Gasteiger partial charge in [0.15, 0.2) is 6.29 Å². The van der Waals surface area contributed by atoms with Crippen molar-refractivity contribution in [3.63, 3.8) is 0 Å². The van der Waals surface area contributed by atoms with Gasteiger partial charge in [-0.3, -0.25) is 9.80 Å². The number of hydrogen-bond acceptors (Lipinski definition) is 10. The second-order valence-electron chi connectivity index (χ2n) is 4.04. The molecule has 0 aliphatic carbocycles. The van der Waals surface area contributed by atoms with Gasteiger partial charge in [0.1, 0.15) is 0 Å². The van der Waals surface area contributed by atoms with Crippen molar-refractivity contribution in [1.29, 1.82) is 0 Å². The van der Waals surface area contributed by atoms with Gasteiger partial charge in [0.25, 0.3) is 0 Å². The van der Waals surface area contributed by atoms with E-state index >= 15 is 0 Å². The van der Waals surface area contributed by atoms with Crippen molar-refractivity contribution in [2.24, 2.45) is 0 Å². The summed E-state index contributed by atoms with van der Waals surface area (Å²) in [6.07, 6.45) is -1.79. The smallest absolute Gasteiger partial charge is 0.549 e. The van der Waals surface area contributed by atoms with Gasteiger partial charge in [0, 0.05) is 39.3 Å². The number of carboxylic acids is 3. The maximum Gasteiger partial charge on any atom is 2.00 e. The van der Waals surface area contributed by atoms with Crippen LogP contribution in [-0.2, 0) is 14.4 Å². The Morgan fingerprint density at radius 2 is 1.14 bits per heavy atom. The van der Waals surface area contributed by atoms with Crippen LogP contribution in [0.2, 0.25) is 0 Å². The van der Waals surface area contributed by atoms with Gasteiger partial charge < -0.3 is 39.9 Å². The number of rotatable bonds is 11. The van der Waals surface area contributed by atoms with Crippen LogP contribution in [-0.4, -0.2) is 121 Å². The van der Waals surface area contributed by atoms with Crippen LogP contribution in [0.15, 0.2) is 0 Å². The van der Waals surface area contributed by atoms with Crippen LogP contribution in [0.4, 0.5) is 0 Å². The van der Waals surface area contributed by atoms with E-state index in [1.807, 2.05) is 0 Å². The van der Waals surface area contributed by atoms with Gasteiger partial charge in [-0.1, -0.05) is 0 Å². The average Bonchev–Trinajstić information content (AvgIpc) is 2.22. The van der Waals surface area contributed by atoms with Crippen molar-refractivity contribution in [3.05, 3.63) is 0 Å². The molecule has 0 aromatic rings. The van der Waals surface area contributed by atoms with E-state index in [2.05, 4.69) is 0 Å². The fourth-order valence-corrected chi connectivity index (χ4v) is 1.51. The number of carbonyl (C=O) groups is 3. The standard InChI is InChI=1S/C10H18N2O8.Ca.Na/c13-7(14)3-11(4-8(15)16)1-2-12(5-9(17)18)6-10(19)20;;/h7,13-14H,1-6H2,(H,15,16)(H,17,18)(H,19,20);;/q;+2;+1/p-3. The van der Waals surface area contributed by atoms with Gasteiger partial charge in [-0.25, -0.2) is 0 Å². The zero-order valence-corrected chi connectivity index (χ0v) is 16.5. The Morgan fingerprint density at radius 3 is 1.45 bits per heavy atom. The van der Waals surface area contributed by atoms with Crippen LogP contribution in [0.3, 0.4) is 0 Å². The van der Waals surface area contributed by atoms with Gasteiger partial charge in [-0.15, -0.1) is 0 Å². The summed E-state index contributed by atoms with van der Waals surface area (Å²) in [6, 6.07) is 0. The molecule has 0 amide bonds. The fourth-order valence-electron chi connectivity index (χ4n) is 1.51. The van der Waals surface area contributed by atoms with E-state index in [4.69, 9.17) is 10.2 Å². The predicted octanol–water partition coefficient (Wildman–Crippen LogP) is -10.2. The summed E-state index contributed by atoms with van der Waals surface area (Å²) in [5, 5.41) is 48.8. The molecule has 0 unspecified atom stereocenters. The number of carbonyl (C=O) groups excluding carboxylic acids is 3. The molecule has 0 aliphatic rings. The zero-order valence-electron chi connectivity index (χ0n) is 12.3. The average molecular weight is 354 g/mol. The number of hydrogen-bond donors (Lipinski definition) is 2. The minimum atomic E-state index is -1.79. The molecule has 0 rings (SSSR count). The Hall–Kier alpha value is 0.510.